The zero-order valence-electron chi connectivity index (χ0n) is 11.7. The summed E-state index contributed by atoms with van der Waals surface area (Å²) in [5.41, 5.74) is 2.92. The van der Waals surface area contributed by atoms with Crippen molar-refractivity contribution in [1.82, 2.24) is 19.5 Å². The van der Waals surface area contributed by atoms with Crippen molar-refractivity contribution in [3.05, 3.63) is 24.8 Å². The van der Waals surface area contributed by atoms with Crippen molar-refractivity contribution in [3.63, 3.8) is 0 Å². The fourth-order valence-corrected chi connectivity index (χ4v) is 2.35. The maximum atomic E-state index is 5.38. The van der Waals surface area contributed by atoms with Crippen molar-refractivity contribution in [2.75, 3.05) is 31.2 Å². The molecule has 1 saturated heterocycles. The minimum Gasteiger partial charge on any atom is -0.378 e. The summed E-state index contributed by atoms with van der Waals surface area (Å²) >= 11 is 0. The van der Waals surface area contributed by atoms with Crippen LogP contribution in [0.15, 0.2) is 24.8 Å². The van der Waals surface area contributed by atoms with E-state index in [0.717, 1.165) is 61.8 Å². The van der Waals surface area contributed by atoms with Gasteiger partial charge >= 0.3 is 0 Å². The van der Waals surface area contributed by atoms with Crippen LogP contribution >= 0.6 is 0 Å². The van der Waals surface area contributed by atoms with Gasteiger partial charge in [-0.2, -0.15) is 0 Å². The highest BCUT2D eigenvalue weighted by atomic mass is 16.5. The van der Waals surface area contributed by atoms with Crippen LogP contribution in [-0.4, -0.2) is 45.8 Å². The van der Waals surface area contributed by atoms with Crippen LogP contribution in [0.25, 0.3) is 11.2 Å². The van der Waals surface area contributed by atoms with Crippen LogP contribution < -0.4 is 4.90 Å². The summed E-state index contributed by atoms with van der Waals surface area (Å²) in [4.78, 5) is 15.5. The molecule has 1 fully saturated rings. The number of hydrogen-bond donors (Lipinski definition) is 0. The smallest absolute Gasteiger partial charge is 0.165 e. The van der Waals surface area contributed by atoms with Gasteiger partial charge in [0.1, 0.15) is 6.33 Å². The number of fused-ring (bicyclic) bond motifs is 1. The molecule has 106 valence electrons. The largest absolute Gasteiger partial charge is 0.378 e. The van der Waals surface area contributed by atoms with E-state index in [9.17, 15) is 0 Å². The summed E-state index contributed by atoms with van der Waals surface area (Å²) in [6.45, 7) is 10.0. The molecule has 3 rings (SSSR count). The standard InChI is InChI=1S/C14H19N5O/c1-11(2)3-4-19-10-17-12-13(15-9-16-14(12)19)18-5-7-20-8-6-18/h9-10H,1,3-8H2,2H3. The Kier molecular flexibility index (Phi) is 3.64. The second kappa shape index (κ2) is 5.58. The lowest BCUT2D eigenvalue weighted by molar-refractivity contribution is 0.122. The van der Waals surface area contributed by atoms with Crippen LogP contribution in [0.3, 0.4) is 0 Å². The maximum Gasteiger partial charge on any atom is 0.165 e. The number of aromatic nitrogens is 4. The predicted octanol–water partition coefficient (Wildman–Crippen LogP) is 1.63. The molecule has 0 radical (unpaired) electrons. The monoisotopic (exact) mass is 273 g/mol. The molecule has 0 saturated carbocycles. The average Bonchev–Trinajstić information content (AvgIpc) is 2.89. The van der Waals surface area contributed by atoms with Gasteiger partial charge in [-0.3, -0.25) is 0 Å². The second-order valence-electron chi connectivity index (χ2n) is 5.11. The lowest BCUT2D eigenvalue weighted by Gasteiger charge is -2.27. The van der Waals surface area contributed by atoms with E-state index < -0.39 is 0 Å². The maximum absolute atomic E-state index is 5.38. The average molecular weight is 273 g/mol. The third-order valence-electron chi connectivity index (χ3n) is 3.47. The number of rotatable bonds is 4. The molecule has 6 nitrogen and oxygen atoms in total. The highest BCUT2D eigenvalue weighted by molar-refractivity contribution is 5.83. The number of ether oxygens (including phenoxy) is 1. The molecular formula is C14H19N5O. The van der Waals surface area contributed by atoms with Gasteiger partial charge in [0.25, 0.3) is 0 Å². The van der Waals surface area contributed by atoms with Crippen LogP contribution in [0.2, 0.25) is 0 Å². The molecule has 0 atom stereocenters. The van der Waals surface area contributed by atoms with E-state index in [4.69, 9.17) is 4.74 Å². The normalized spacial score (nSPS) is 15.8. The summed E-state index contributed by atoms with van der Waals surface area (Å²) in [6, 6.07) is 0. The SMILES string of the molecule is C=C(C)CCn1cnc2c(N3CCOCC3)ncnc21. The zero-order chi connectivity index (χ0) is 13.9. The number of hydrogen-bond acceptors (Lipinski definition) is 5. The van der Waals surface area contributed by atoms with E-state index in [1.54, 1.807) is 6.33 Å². The predicted molar refractivity (Wildman–Crippen MR) is 77.8 cm³/mol. The first-order valence-corrected chi connectivity index (χ1v) is 6.88. The molecule has 0 unspecified atom stereocenters. The van der Waals surface area contributed by atoms with Gasteiger partial charge < -0.3 is 14.2 Å². The number of anilines is 1. The van der Waals surface area contributed by atoms with Gasteiger partial charge in [0.05, 0.1) is 19.5 Å². The van der Waals surface area contributed by atoms with Gasteiger partial charge in [0, 0.05) is 19.6 Å². The van der Waals surface area contributed by atoms with Gasteiger partial charge in [-0.15, -0.1) is 6.58 Å². The highest BCUT2D eigenvalue weighted by Gasteiger charge is 2.18. The van der Waals surface area contributed by atoms with Crippen LogP contribution in [0.4, 0.5) is 5.82 Å². The minimum absolute atomic E-state index is 0.738. The van der Waals surface area contributed by atoms with Crippen molar-refractivity contribution in [1.29, 1.82) is 0 Å². The van der Waals surface area contributed by atoms with E-state index in [-0.39, 0.29) is 0 Å². The fraction of sp³-hybridized carbons (Fsp3) is 0.500. The third-order valence-corrected chi connectivity index (χ3v) is 3.47. The number of allylic oxidation sites excluding steroid dienone is 1. The Balaban J connectivity index is 1.92. The van der Waals surface area contributed by atoms with E-state index >= 15 is 0 Å². The first kappa shape index (κ1) is 13.1. The van der Waals surface area contributed by atoms with E-state index in [1.807, 2.05) is 13.3 Å². The van der Waals surface area contributed by atoms with E-state index in [2.05, 4.69) is 31.0 Å². The topological polar surface area (TPSA) is 56.1 Å². The molecule has 2 aromatic heterocycles. The molecule has 1 aliphatic rings. The van der Waals surface area contributed by atoms with Crippen LogP contribution in [0.1, 0.15) is 13.3 Å². The Morgan fingerprint density at radius 3 is 2.85 bits per heavy atom. The first-order chi connectivity index (χ1) is 9.75. The van der Waals surface area contributed by atoms with Crippen molar-refractivity contribution in [2.24, 2.45) is 0 Å². The van der Waals surface area contributed by atoms with Crippen molar-refractivity contribution in [3.8, 4) is 0 Å². The molecule has 1 aliphatic heterocycles. The van der Waals surface area contributed by atoms with Gasteiger partial charge in [-0.05, 0) is 13.3 Å². The Bertz CT molecular complexity index is 615. The highest BCUT2D eigenvalue weighted by Crippen LogP contribution is 2.22. The molecule has 0 amide bonds. The van der Waals surface area contributed by atoms with Gasteiger partial charge in [0.2, 0.25) is 0 Å². The Morgan fingerprint density at radius 2 is 2.10 bits per heavy atom. The summed E-state index contributed by atoms with van der Waals surface area (Å²) in [6.07, 6.45) is 4.39. The Hall–Kier alpha value is -1.95. The molecular weight excluding hydrogens is 254 g/mol. The number of aryl methyl sites for hydroxylation is 1. The van der Waals surface area contributed by atoms with Crippen molar-refractivity contribution < 1.29 is 4.74 Å². The van der Waals surface area contributed by atoms with Gasteiger partial charge in [0.15, 0.2) is 17.0 Å². The van der Waals surface area contributed by atoms with Crippen molar-refractivity contribution in [2.45, 2.75) is 19.9 Å². The van der Waals surface area contributed by atoms with Gasteiger partial charge in [-0.1, -0.05) is 5.57 Å². The van der Waals surface area contributed by atoms with Crippen LogP contribution in [0, 0.1) is 0 Å². The quantitative estimate of drug-likeness (QED) is 0.792. The minimum atomic E-state index is 0.738. The number of morpholine rings is 1. The molecule has 0 aliphatic carbocycles. The van der Waals surface area contributed by atoms with Crippen LogP contribution in [0.5, 0.6) is 0 Å². The molecule has 2 aromatic rings. The first-order valence-electron chi connectivity index (χ1n) is 6.88. The molecule has 0 aromatic carbocycles. The van der Waals surface area contributed by atoms with Crippen LogP contribution in [-0.2, 0) is 11.3 Å². The second-order valence-corrected chi connectivity index (χ2v) is 5.11. The molecule has 0 spiro atoms. The summed E-state index contributed by atoms with van der Waals surface area (Å²) in [5, 5.41) is 0. The molecule has 3 heterocycles. The summed E-state index contributed by atoms with van der Waals surface area (Å²) in [5.74, 6) is 0.910. The Labute approximate surface area is 118 Å². The summed E-state index contributed by atoms with van der Waals surface area (Å²) < 4.78 is 7.45. The Morgan fingerprint density at radius 1 is 1.30 bits per heavy atom. The molecule has 6 heteroatoms. The van der Waals surface area contributed by atoms with Crippen molar-refractivity contribution >= 4 is 17.0 Å². The number of nitrogens with zero attached hydrogens (tertiary/aromatic N) is 5. The summed E-state index contributed by atoms with van der Waals surface area (Å²) in [7, 11) is 0. The van der Waals surface area contributed by atoms with Gasteiger partial charge in [-0.25, -0.2) is 15.0 Å². The molecule has 0 N–H and O–H groups in total. The third kappa shape index (κ3) is 2.51. The lowest BCUT2D eigenvalue weighted by Crippen LogP contribution is -2.36. The lowest BCUT2D eigenvalue weighted by atomic mass is 10.2. The van der Waals surface area contributed by atoms with E-state index in [0.29, 0.717) is 0 Å². The number of imidazole rings is 1. The molecule has 20 heavy (non-hydrogen) atoms. The fourth-order valence-electron chi connectivity index (χ4n) is 2.35. The van der Waals surface area contributed by atoms with E-state index in [1.165, 1.54) is 0 Å². The molecule has 0 bridgehead atoms. The zero-order valence-corrected chi connectivity index (χ0v) is 11.7.